The van der Waals surface area contributed by atoms with E-state index in [4.69, 9.17) is 9.47 Å². The first kappa shape index (κ1) is 28.7. The third kappa shape index (κ3) is 4.69. The van der Waals surface area contributed by atoms with Crippen molar-refractivity contribution in [3.63, 3.8) is 0 Å². The summed E-state index contributed by atoms with van der Waals surface area (Å²) < 4.78 is 43.4. The molecule has 0 saturated carbocycles. The number of rotatable bonds is 9. The minimum absolute atomic E-state index is 0.00807. The van der Waals surface area contributed by atoms with E-state index in [9.17, 15) is 10.2 Å². The number of imidazole rings is 1. The van der Waals surface area contributed by atoms with Crippen LogP contribution < -0.4 is 10.1 Å². The van der Waals surface area contributed by atoms with Gasteiger partial charge >= 0.3 is 6.08 Å². The lowest BCUT2D eigenvalue weighted by molar-refractivity contribution is -0.134. The van der Waals surface area contributed by atoms with Crippen LogP contribution in [0.2, 0.25) is 0 Å². The van der Waals surface area contributed by atoms with E-state index >= 15 is 8.78 Å². The zero-order valence-corrected chi connectivity index (χ0v) is 23.6. The van der Waals surface area contributed by atoms with Crippen molar-refractivity contribution in [3.8, 4) is 5.75 Å². The molecule has 5 aromatic rings. The molecule has 2 aromatic heterocycles. The van der Waals surface area contributed by atoms with Crippen LogP contribution in [-0.4, -0.2) is 61.8 Å². The standard InChI is InChI=1S/C32H31F2N5O4/c1-20-25(33)29(43-31(20,17-40)18-41)39-19-35-26-27(36-30(34)37-28(26)39)38-32(21-9-5-3-6-10-21,22-11-7-4-8-12-22)23-13-15-24(42-2)16-14-23/h3-16,19-20,25,29,40-41H,17-18H2,1-2H3,(H,36,37,38)/t20-,25-,29+/m0/s1. The first-order chi connectivity index (χ1) is 20.9. The van der Waals surface area contributed by atoms with Crippen LogP contribution in [0.1, 0.15) is 29.8 Å². The molecule has 0 spiro atoms. The maximum Gasteiger partial charge on any atom is 0.312 e. The number of hydrogen-bond donors (Lipinski definition) is 3. The number of ether oxygens (including phenoxy) is 2. The third-order valence-corrected chi connectivity index (χ3v) is 8.38. The molecule has 11 heteroatoms. The van der Waals surface area contributed by atoms with Gasteiger partial charge < -0.3 is 25.0 Å². The lowest BCUT2D eigenvalue weighted by atomic mass is 9.77. The second-order valence-electron chi connectivity index (χ2n) is 10.6. The molecule has 3 heterocycles. The van der Waals surface area contributed by atoms with Crippen molar-refractivity contribution in [2.45, 2.75) is 30.5 Å². The summed E-state index contributed by atoms with van der Waals surface area (Å²) in [6.45, 7) is 0.355. The molecule has 1 aliphatic heterocycles. The van der Waals surface area contributed by atoms with Gasteiger partial charge in [0.2, 0.25) is 0 Å². The first-order valence-corrected chi connectivity index (χ1v) is 13.8. The fourth-order valence-electron chi connectivity index (χ4n) is 5.85. The summed E-state index contributed by atoms with van der Waals surface area (Å²) in [5, 5.41) is 23.4. The van der Waals surface area contributed by atoms with Crippen LogP contribution in [0.15, 0.2) is 91.3 Å². The number of aliphatic hydroxyl groups is 2. The van der Waals surface area contributed by atoms with Crippen LogP contribution in [0.25, 0.3) is 11.2 Å². The number of benzene rings is 3. The van der Waals surface area contributed by atoms with Crippen molar-refractivity contribution in [1.29, 1.82) is 0 Å². The quantitative estimate of drug-likeness (QED) is 0.169. The van der Waals surface area contributed by atoms with Crippen LogP contribution in [0.4, 0.5) is 14.6 Å². The van der Waals surface area contributed by atoms with Gasteiger partial charge in [-0.05, 0) is 28.8 Å². The fraction of sp³-hybridized carbons (Fsp3) is 0.281. The molecule has 0 unspecified atom stereocenters. The second kappa shape index (κ2) is 11.3. The number of hydrogen-bond acceptors (Lipinski definition) is 8. The SMILES string of the molecule is COc1ccc(C(Nc2nc(F)nc3c2ncn3[C@@H]2OC(CO)(CO)[C@@H](C)[C@@H]2F)(c2ccccc2)c2ccccc2)cc1. The van der Waals surface area contributed by atoms with E-state index in [2.05, 4.69) is 20.3 Å². The van der Waals surface area contributed by atoms with Gasteiger partial charge in [0.1, 0.15) is 16.9 Å². The molecule has 1 fully saturated rings. The number of halogens is 2. The Labute approximate surface area is 246 Å². The van der Waals surface area contributed by atoms with Crippen LogP contribution in [0, 0.1) is 12.0 Å². The Morgan fingerprint density at radius 1 is 0.930 bits per heavy atom. The zero-order chi connectivity index (χ0) is 30.2. The number of methoxy groups -OCH3 is 1. The Balaban J connectivity index is 1.55. The van der Waals surface area contributed by atoms with Gasteiger partial charge in [-0.1, -0.05) is 79.7 Å². The van der Waals surface area contributed by atoms with Gasteiger partial charge in [-0.3, -0.25) is 4.57 Å². The minimum atomic E-state index is -1.64. The molecule has 43 heavy (non-hydrogen) atoms. The molecule has 0 radical (unpaired) electrons. The molecule has 1 saturated heterocycles. The average Bonchev–Trinajstić information content (AvgIpc) is 3.58. The number of aliphatic hydroxyl groups excluding tert-OH is 2. The maximum absolute atomic E-state index is 15.6. The van der Waals surface area contributed by atoms with Crippen molar-refractivity contribution < 1.29 is 28.5 Å². The number of nitrogens with one attached hydrogen (secondary N) is 1. The molecule has 1 aliphatic rings. The van der Waals surface area contributed by atoms with Gasteiger partial charge in [0.05, 0.1) is 26.7 Å². The van der Waals surface area contributed by atoms with E-state index in [-0.39, 0.29) is 17.0 Å². The van der Waals surface area contributed by atoms with E-state index in [0.29, 0.717) is 5.75 Å². The lowest BCUT2D eigenvalue weighted by Gasteiger charge is -2.37. The highest BCUT2D eigenvalue weighted by Gasteiger charge is 2.54. The molecule has 0 aliphatic carbocycles. The van der Waals surface area contributed by atoms with Gasteiger partial charge in [-0.2, -0.15) is 14.4 Å². The van der Waals surface area contributed by atoms with Crippen molar-refractivity contribution in [2.75, 3.05) is 25.6 Å². The van der Waals surface area contributed by atoms with Crippen molar-refractivity contribution in [3.05, 3.63) is 114 Å². The molecule has 3 atom stereocenters. The van der Waals surface area contributed by atoms with Crippen molar-refractivity contribution in [2.24, 2.45) is 5.92 Å². The molecular formula is C32H31F2N5O4. The zero-order valence-electron chi connectivity index (χ0n) is 23.6. The molecule has 6 rings (SSSR count). The molecule has 3 N–H and O–H groups in total. The van der Waals surface area contributed by atoms with E-state index in [1.807, 2.05) is 84.9 Å². The van der Waals surface area contributed by atoms with Gasteiger partial charge in [0.25, 0.3) is 0 Å². The monoisotopic (exact) mass is 587 g/mol. The maximum atomic E-state index is 15.6. The Hall–Kier alpha value is -4.45. The third-order valence-electron chi connectivity index (χ3n) is 8.38. The highest BCUT2D eigenvalue weighted by molar-refractivity contribution is 5.84. The fourth-order valence-corrected chi connectivity index (χ4v) is 5.85. The predicted octanol–water partition coefficient (Wildman–Crippen LogP) is 4.60. The van der Waals surface area contributed by atoms with Crippen molar-refractivity contribution in [1.82, 2.24) is 19.5 Å². The molecule has 0 amide bonds. The molecule has 222 valence electrons. The van der Waals surface area contributed by atoms with Crippen LogP contribution in [0.5, 0.6) is 5.75 Å². The molecule has 3 aromatic carbocycles. The number of alkyl halides is 1. The minimum Gasteiger partial charge on any atom is -0.497 e. The Bertz CT molecular complexity index is 1660. The van der Waals surface area contributed by atoms with E-state index in [1.54, 1.807) is 14.0 Å². The molecule has 0 bridgehead atoms. The van der Waals surface area contributed by atoms with Crippen LogP contribution in [-0.2, 0) is 10.3 Å². The normalized spacial score (nSPS) is 19.9. The summed E-state index contributed by atoms with van der Waals surface area (Å²) in [5.74, 6) is -0.115. The summed E-state index contributed by atoms with van der Waals surface area (Å²) in [4.78, 5) is 12.6. The largest absolute Gasteiger partial charge is 0.497 e. The van der Waals surface area contributed by atoms with Crippen molar-refractivity contribution >= 4 is 17.0 Å². The van der Waals surface area contributed by atoms with E-state index < -0.39 is 48.7 Å². The molecular weight excluding hydrogens is 556 g/mol. The van der Waals surface area contributed by atoms with Gasteiger partial charge in [0, 0.05) is 5.92 Å². The van der Waals surface area contributed by atoms with Crippen LogP contribution >= 0.6 is 0 Å². The summed E-state index contributed by atoms with van der Waals surface area (Å²) in [6, 6.07) is 26.8. The smallest absolute Gasteiger partial charge is 0.312 e. The number of nitrogens with zero attached hydrogens (tertiary/aromatic N) is 4. The number of anilines is 1. The number of aromatic nitrogens is 4. The molecule has 9 nitrogen and oxygen atoms in total. The van der Waals surface area contributed by atoms with Gasteiger partial charge in [-0.15, -0.1) is 0 Å². The Kier molecular flexibility index (Phi) is 7.55. The summed E-state index contributed by atoms with van der Waals surface area (Å²) in [6.07, 6.45) is -2.70. The summed E-state index contributed by atoms with van der Waals surface area (Å²) in [5.41, 5.74) is 0.0558. The summed E-state index contributed by atoms with van der Waals surface area (Å²) >= 11 is 0. The van der Waals surface area contributed by atoms with E-state index in [1.165, 1.54) is 10.9 Å². The highest BCUT2D eigenvalue weighted by atomic mass is 19.1. The first-order valence-electron chi connectivity index (χ1n) is 13.8. The Morgan fingerprint density at radius 2 is 1.51 bits per heavy atom. The average molecular weight is 588 g/mol. The summed E-state index contributed by atoms with van der Waals surface area (Å²) in [7, 11) is 1.59. The highest BCUT2D eigenvalue weighted by Crippen LogP contribution is 2.45. The topological polar surface area (TPSA) is 115 Å². The lowest BCUT2D eigenvalue weighted by Crippen LogP contribution is -2.43. The van der Waals surface area contributed by atoms with Gasteiger partial charge in [-0.25, -0.2) is 9.37 Å². The second-order valence-corrected chi connectivity index (χ2v) is 10.6. The predicted molar refractivity (Wildman–Crippen MR) is 156 cm³/mol. The van der Waals surface area contributed by atoms with E-state index in [0.717, 1.165) is 16.7 Å². The van der Waals surface area contributed by atoms with Crippen LogP contribution in [0.3, 0.4) is 0 Å². The Morgan fingerprint density at radius 3 is 2.05 bits per heavy atom. The number of fused-ring (bicyclic) bond motifs is 1. The van der Waals surface area contributed by atoms with Gasteiger partial charge in [0.15, 0.2) is 29.4 Å².